The Kier molecular flexibility index (Phi) is 8.08. The first-order valence-corrected chi connectivity index (χ1v) is 10.5. The van der Waals surface area contributed by atoms with Crippen LogP contribution in [-0.2, 0) is 4.79 Å². The predicted octanol–water partition coefficient (Wildman–Crippen LogP) is 4.03. The first kappa shape index (κ1) is 23.1. The zero-order valence-corrected chi connectivity index (χ0v) is 18.0. The van der Waals surface area contributed by atoms with Crippen LogP contribution in [-0.4, -0.2) is 47.6 Å². The van der Waals surface area contributed by atoms with Gasteiger partial charge in [-0.15, -0.1) is 0 Å². The van der Waals surface area contributed by atoms with Crippen molar-refractivity contribution in [1.29, 1.82) is 0 Å². The second kappa shape index (κ2) is 11.2. The molecular weight excluding hydrogens is 406 g/mol. The third kappa shape index (κ3) is 5.78. The molecule has 0 aliphatic rings. The molecule has 1 N–H and O–H groups in total. The molecule has 0 atom stereocenters. The summed E-state index contributed by atoms with van der Waals surface area (Å²) in [7, 11) is 1.66. The van der Waals surface area contributed by atoms with Gasteiger partial charge in [0.15, 0.2) is 0 Å². The average molecular weight is 434 g/mol. The predicted molar refractivity (Wildman–Crippen MR) is 125 cm³/mol. The Hall–Kier alpha value is -3.55. The van der Waals surface area contributed by atoms with Crippen molar-refractivity contribution in [3.05, 3.63) is 106 Å². The van der Waals surface area contributed by atoms with Crippen LogP contribution in [0.1, 0.15) is 23.6 Å². The van der Waals surface area contributed by atoms with Gasteiger partial charge >= 0.3 is 0 Å². The van der Waals surface area contributed by atoms with Gasteiger partial charge in [-0.25, -0.2) is 0 Å². The van der Waals surface area contributed by atoms with Crippen molar-refractivity contribution in [2.24, 2.45) is 0 Å². The molecule has 0 unspecified atom stereocenters. The minimum absolute atomic E-state index is 0.0209. The molecule has 3 rings (SSSR count). The number of hydrogen-bond acceptors (Lipinski definition) is 5. The van der Waals surface area contributed by atoms with Crippen LogP contribution in [0.5, 0.6) is 0 Å². The number of nitrogens with zero attached hydrogens (tertiary/aromatic N) is 3. The molecule has 3 aromatic carbocycles. The first-order chi connectivity index (χ1) is 15.5. The summed E-state index contributed by atoms with van der Waals surface area (Å²) >= 11 is 0. The number of nitro benzene ring substituents is 1. The highest BCUT2D eigenvalue weighted by Gasteiger charge is 2.25. The van der Waals surface area contributed by atoms with Gasteiger partial charge in [0.1, 0.15) is 0 Å². The molecule has 0 saturated carbocycles. The second-order valence-electron chi connectivity index (χ2n) is 7.50. The Labute approximate surface area is 187 Å². The van der Waals surface area contributed by atoms with E-state index >= 15 is 0 Å². The number of carbonyl (C=O) groups excluding carboxylic acids is 1. The summed E-state index contributed by atoms with van der Waals surface area (Å²) in [5.74, 6) is -0.145. The number of hydrogen-bond donors (Lipinski definition) is 1. The van der Waals surface area contributed by atoms with Gasteiger partial charge in [-0.3, -0.25) is 19.8 Å². The van der Waals surface area contributed by atoms with E-state index in [1.807, 2.05) is 60.7 Å². The first-order valence-electron chi connectivity index (χ1n) is 10.5. The molecule has 3 aromatic rings. The zero-order chi connectivity index (χ0) is 22.9. The zero-order valence-electron chi connectivity index (χ0n) is 18.0. The van der Waals surface area contributed by atoms with Crippen LogP contribution in [0.2, 0.25) is 0 Å². The number of carbonyl (C=O) groups is 1. The van der Waals surface area contributed by atoms with Crippen LogP contribution >= 0.6 is 0 Å². The van der Waals surface area contributed by atoms with E-state index in [2.05, 4.69) is 4.90 Å². The molecule has 0 spiro atoms. The average Bonchev–Trinajstić information content (AvgIpc) is 2.83. The Bertz CT molecular complexity index is 971. The van der Waals surface area contributed by atoms with Gasteiger partial charge in [-0.05, 0) is 29.7 Å². The highest BCUT2D eigenvalue weighted by molar-refractivity contribution is 5.94. The van der Waals surface area contributed by atoms with Gasteiger partial charge in [-0.1, -0.05) is 60.7 Å². The normalized spacial score (nSPS) is 11.0. The minimum Gasteiger partial charge on any atom is -0.396 e. The van der Waals surface area contributed by atoms with Crippen molar-refractivity contribution >= 4 is 17.3 Å². The highest BCUT2D eigenvalue weighted by atomic mass is 16.6. The van der Waals surface area contributed by atoms with Gasteiger partial charge in [0.2, 0.25) is 5.91 Å². The van der Waals surface area contributed by atoms with E-state index < -0.39 is 4.92 Å². The summed E-state index contributed by atoms with van der Waals surface area (Å²) < 4.78 is 0. The fourth-order valence-electron chi connectivity index (χ4n) is 3.68. The van der Waals surface area contributed by atoms with E-state index in [1.165, 1.54) is 17.0 Å². The van der Waals surface area contributed by atoms with Crippen LogP contribution in [0.25, 0.3) is 0 Å². The quantitative estimate of drug-likeness (QED) is 0.385. The van der Waals surface area contributed by atoms with E-state index in [-0.39, 0.29) is 30.8 Å². The highest BCUT2D eigenvalue weighted by Crippen LogP contribution is 2.29. The topological polar surface area (TPSA) is 86.9 Å². The molecule has 0 fully saturated rings. The molecule has 166 valence electrons. The monoisotopic (exact) mass is 433 g/mol. The summed E-state index contributed by atoms with van der Waals surface area (Å²) in [4.78, 5) is 27.2. The molecule has 0 bridgehead atoms. The lowest BCUT2D eigenvalue weighted by molar-refractivity contribution is -0.384. The SMILES string of the molecule is CN(C(=O)CN(CCCO)C(c1ccccc1)c1ccccc1)c1ccc([N+](=O)[O-])cc1. The van der Waals surface area contributed by atoms with E-state index in [0.717, 1.165) is 11.1 Å². The third-order valence-corrected chi connectivity index (χ3v) is 5.36. The number of amides is 1. The minimum atomic E-state index is -0.466. The van der Waals surface area contributed by atoms with E-state index in [9.17, 15) is 20.0 Å². The van der Waals surface area contributed by atoms with E-state index in [1.54, 1.807) is 19.2 Å². The molecule has 1 amide bonds. The van der Waals surface area contributed by atoms with Crippen molar-refractivity contribution in [3.63, 3.8) is 0 Å². The fourth-order valence-corrected chi connectivity index (χ4v) is 3.68. The number of non-ortho nitro benzene ring substituents is 1. The van der Waals surface area contributed by atoms with Gasteiger partial charge in [0.05, 0.1) is 17.5 Å². The molecule has 32 heavy (non-hydrogen) atoms. The van der Waals surface area contributed by atoms with Gasteiger partial charge in [0, 0.05) is 38.0 Å². The number of rotatable bonds is 10. The van der Waals surface area contributed by atoms with Crippen LogP contribution in [0.15, 0.2) is 84.9 Å². The Morgan fingerprint density at radius 3 is 1.94 bits per heavy atom. The van der Waals surface area contributed by atoms with E-state index in [4.69, 9.17) is 0 Å². The molecule has 0 aliphatic carbocycles. The van der Waals surface area contributed by atoms with Crippen molar-refractivity contribution < 1.29 is 14.8 Å². The largest absolute Gasteiger partial charge is 0.396 e. The van der Waals surface area contributed by atoms with Crippen LogP contribution < -0.4 is 4.90 Å². The molecule has 0 heterocycles. The summed E-state index contributed by atoms with van der Waals surface area (Å²) in [6.07, 6.45) is 0.532. The van der Waals surface area contributed by atoms with Crippen LogP contribution in [0.4, 0.5) is 11.4 Å². The number of aliphatic hydroxyl groups is 1. The van der Waals surface area contributed by atoms with Crippen LogP contribution in [0, 0.1) is 10.1 Å². The van der Waals surface area contributed by atoms with Crippen molar-refractivity contribution in [2.45, 2.75) is 12.5 Å². The Morgan fingerprint density at radius 1 is 0.938 bits per heavy atom. The molecule has 7 heteroatoms. The van der Waals surface area contributed by atoms with Gasteiger partial charge < -0.3 is 10.0 Å². The lowest BCUT2D eigenvalue weighted by atomic mass is 9.96. The Morgan fingerprint density at radius 2 is 1.47 bits per heavy atom. The van der Waals surface area contributed by atoms with Gasteiger partial charge in [0.25, 0.3) is 5.69 Å². The standard InChI is InChI=1S/C25H27N3O4/c1-26(22-13-15-23(16-14-22)28(31)32)24(30)19-27(17-8-18-29)25(20-9-4-2-5-10-20)21-11-6-3-7-12-21/h2-7,9-16,25,29H,8,17-19H2,1H3. The van der Waals surface area contributed by atoms with Crippen LogP contribution in [0.3, 0.4) is 0 Å². The van der Waals surface area contributed by atoms with E-state index in [0.29, 0.717) is 18.7 Å². The number of anilines is 1. The third-order valence-electron chi connectivity index (χ3n) is 5.36. The molecule has 0 saturated heterocycles. The maximum absolute atomic E-state index is 13.2. The smallest absolute Gasteiger partial charge is 0.269 e. The summed E-state index contributed by atoms with van der Waals surface area (Å²) in [5, 5.41) is 20.4. The number of nitro groups is 1. The molecule has 0 aromatic heterocycles. The Balaban J connectivity index is 1.88. The lowest BCUT2D eigenvalue weighted by Crippen LogP contribution is -2.41. The molecule has 0 radical (unpaired) electrons. The van der Waals surface area contributed by atoms with Gasteiger partial charge in [-0.2, -0.15) is 0 Å². The van der Waals surface area contributed by atoms with Crippen molar-refractivity contribution in [3.8, 4) is 0 Å². The molecule has 7 nitrogen and oxygen atoms in total. The maximum atomic E-state index is 13.2. The fraction of sp³-hybridized carbons (Fsp3) is 0.240. The maximum Gasteiger partial charge on any atom is 0.269 e. The van der Waals surface area contributed by atoms with Crippen molar-refractivity contribution in [2.75, 3.05) is 31.6 Å². The lowest BCUT2D eigenvalue weighted by Gasteiger charge is -2.33. The summed E-state index contributed by atoms with van der Waals surface area (Å²) in [5.41, 5.74) is 2.68. The number of benzene rings is 3. The summed E-state index contributed by atoms with van der Waals surface area (Å²) in [6.45, 7) is 0.686. The molecular formula is C25H27N3O4. The number of likely N-dealkylation sites (N-methyl/N-ethyl adjacent to an activating group) is 1. The second-order valence-corrected chi connectivity index (χ2v) is 7.50. The molecule has 0 aliphatic heterocycles. The number of aliphatic hydroxyl groups excluding tert-OH is 1. The summed E-state index contributed by atoms with van der Waals surface area (Å²) in [6, 6.07) is 25.7. The van der Waals surface area contributed by atoms with Crippen molar-refractivity contribution in [1.82, 2.24) is 4.90 Å².